The molecule has 1 aromatic heterocycles. The Morgan fingerprint density at radius 2 is 1.93 bits per heavy atom. The van der Waals surface area contributed by atoms with E-state index in [1.807, 2.05) is 31.2 Å². The monoisotopic (exact) mass is 456 g/mol. The number of anilines is 1. The summed E-state index contributed by atoms with van der Waals surface area (Å²) in [4.78, 5) is 28.2. The first-order valence-electron chi connectivity index (χ1n) is 9.24. The highest BCUT2D eigenvalue weighted by atomic mass is 79.9. The van der Waals surface area contributed by atoms with Crippen molar-refractivity contribution in [1.29, 1.82) is 0 Å². The number of benzene rings is 2. The van der Waals surface area contributed by atoms with Crippen LogP contribution in [-0.4, -0.2) is 16.7 Å². The van der Waals surface area contributed by atoms with Crippen molar-refractivity contribution in [2.45, 2.75) is 33.3 Å². The summed E-state index contributed by atoms with van der Waals surface area (Å²) in [5.41, 5.74) is 2.43. The zero-order valence-corrected chi connectivity index (χ0v) is 17.8. The molecule has 0 spiro atoms. The SMILES string of the molecule is CCCC(=O)Nc1ccc(OCc2coc(-c3ccc(Br)cc3)n2)c(C(C)=O)c1. The van der Waals surface area contributed by atoms with Crippen LogP contribution < -0.4 is 10.1 Å². The Hall–Kier alpha value is -2.93. The maximum Gasteiger partial charge on any atom is 0.226 e. The summed E-state index contributed by atoms with van der Waals surface area (Å²) in [5, 5.41) is 2.79. The number of oxazole rings is 1. The fraction of sp³-hybridized carbons (Fsp3) is 0.227. The second-order valence-electron chi connectivity index (χ2n) is 6.50. The quantitative estimate of drug-likeness (QED) is 0.444. The van der Waals surface area contributed by atoms with Gasteiger partial charge in [0.2, 0.25) is 11.8 Å². The normalized spacial score (nSPS) is 10.6. The zero-order chi connectivity index (χ0) is 20.8. The summed E-state index contributed by atoms with van der Waals surface area (Å²) < 4.78 is 12.3. The molecule has 0 saturated carbocycles. The maximum atomic E-state index is 12.0. The topological polar surface area (TPSA) is 81.4 Å². The van der Waals surface area contributed by atoms with Crippen molar-refractivity contribution in [3.05, 3.63) is 64.5 Å². The highest BCUT2D eigenvalue weighted by molar-refractivity contribution is 9.10. The first-order chi connectivity index (χ1) is 14.0. The molecule has 6 nitrogen and oxygen atoms in total. The number of nitrogens with one attached hydrogen (secondary N) is 1. The van der Waals surface area contributed by atoms with Gasteiger partial charge in [0.1, 0.15) is 24.3 Å². The van der Waals surface area contributed by atoms with Crippen molar-refractivity contribution < 1.29 is 18.7 Å². The number of ether oxygens (including phenoxy) is 1. The summed E-state index contributed by atoms with van der Waals surface area (Å²) >= 11 is 3.40. The molecule has 1 heterocycles. The molecule has 7 heteroatoms. The van der Waals surface area contributed by atoms with Crippen LogP contribution in [0.25, 0.3) is 11.5 Å². The van der Waals surface area contributed by atoms with E-state index >= 15 is 0 Å². The van der Waals surface area contributed by atoms with Gasteiger partial charge in [0.25, 0.3) is 0 Å². The molecule has 0 fully saturated rings. The van der Waals surface area contributed by atoms with E-state index in [-0.39, 0.29) is 18.3 Å². The van der Waals surface area contributed by atoms with Gasteiger partial charge in [0, 0.05) is 22.1 Å². The van der Waals surface area contributed by atoms with Crippen molar-refractivity contribution >= 4 is 33.3 Å². The highest BCUT2D eigenvalue weighted by Gasteiger charge is 2.13. The molecule has 3 rings (SSSR count). The Morgan fingerprint density at radius 3 is 2.62 bits per heavy atom. The lowest BCUT2D eigenvalue weighted by Crippen LogP contribution is -2.11. The van der Waals surface area contributed by atoms with Gasteiger partial charge in [-0.15, -0.1) is 0 Å². The van der Waals surface area contributed by atoms with Crippen LogP contribution in [0.15, 0.2) is 57.6 Å². The fourth-order valence-electron chi connectivity index (χ4n) is 2.71. The van der Waals surface area contributed by atoms with Gasteiger partial charge in [-0.25, -0.2) is 4.98 Å². The number of rotatable bonds is 8. The predicted molar refractivity (Wildman–Crippen MR) is 114 cm³/mol. The number of hydrogen-bond acceptors (Lipinski definition) is 5. The third-order valence-corrected chi connectivity index (χ3v) is 4.67. The van der Waals surface area contributed by atoms with E-state index in [0.717, 1.165) is 16.5 Å². The zero-order valence-electron chi connectivity index (χ0n) is 16.2. The van der Waals surface area contributed by atoms with Crippen molar-refractivity contribution in [3.8, 4) is 17.2 Å². The summed E-state index contributed by atoms with van der Waals surface area (Å²) in [7, 11) is 0. The van der Waals surface area contributed by atoms with Crippen LogP contribution in [0, 0.1) is 0 Å². The third kappa shape index (κ3) is 5.54. The Balaban J connectivity index is 1.70. The van der Waals surface area contributed by atoms with Crippen LogP contribution in [0.5, 0.6) is 5.75 Å². The molecule has 0 bridgehead atoms. The number of ketones is 1. The van der Waals surface area contributed by atoms with Crippen LogP contribution in [0.1, 0.15) is 42.7 Å². The average molecular weight is 457 g/mol. The van der Waals surface area contributed by atoms with Crippen molar-refractivity contribution in [3.63, 3.8) is 0 Å². The number of halogens is 1. The van der Waals surface area contributed by atoms with Gasteiger partial charge in [0.05, 0.1) is 5.56 Å². The minimum atomic E-state index is -0.151. The molecule has 3 aromatic rings. The van der Waals surface area contributed by atoms with Gasteiger partial charge in [-0.1, -0.05) is 22.9 Å². The molecule has 0 unspecified atom stereocenters. The molecular weight excluding hydrogens is 436 g/mol. The lowest BCUT2D eigenvalue weighted by Gasteiger charge is -2.11. The van der Waals surface area contributed by atoms with Crippen molar-refractivity contribution in [2.75, 3.05) is 5.32 Å². The molecule has 0 aliphatic carbocycles. The lowest BCUT2D eigenvalue weighted by molar-refractivity contribution is -0.116. The van der Waals surface area contributed by atoms with Crippen LogP contribution in [0.4, 0.5) is 5.69 Å². The number of carbonyl (C=O) groups is 2. The molecule has 29 heavy (non-hydrogen) atoms. The van der Waals surface area contributed by atoms with Gasteiger partial charge < -0.3 is 14.5 Å². The Labute approximate surface area is 177 Å². The molecule has 1 amide bonds. The van der Waals surface area contributed by atoms with Crippen LogP contribution in [0.3, 0.4) is 0 Å². The predicted octanol–water partition coefficient (Wildman–Crippen LogP) is 5.62. The number of Topliss-reactive ketones (excluding diaryl/α,β-unsaturated/α-hetero) is 1. The Morgan fingerprint density at radius 1 is 1.17 bits per heavy atom. The number of amides is 1. The molecule has 2 aromatic carbocycles. The van der Waals surface area contributed by atoms with Gasteiger partial charge in [-0.05, 0) is 55.8 Å². The van der Waals surface area contributed by atoms with Crippen molar-refractivity contribution in [2.24, 2.45) is 0 Å². The largest absolute Gasteiger partial charge is 0.486 e. The maximum absolute atomic E-state index is 12.0. The average Bonchev–Trinajstić information content (AvgIpc) is 3.16. The van der Waals surface area contributed by atoms with E-state index in [2.05, 4.69) is 26.2 Å². The second kappa shape index (κ2) is 9.52. The first-order valence-corrected chi connectivity index (χ1v) is 10.0. The molecule has 0 atom stereocenters. The van der Waals surface area contributed by atoms with Gasteiger partial charge in [-0.2, -0.15) is 0 Å². The summed E-state index contributed by atoms with van der Waals surface area (Å²) in [6.07, 6.45) is 2.72. The second-order valence-corrected chi connectivity index (χ2v) is 7.42. The van der Waals surface area contributed by atoms with Crippen LogP contribution in [0.2, 0.25) is 0 Å². The van der Waals surface area contributed by atoms with Gasteiger partial charge in [-0.3, -0.25) is 9.59 Å². The molecule has 0 aliphatic rings. The Kier molecular flexibility index (Phi) is 6.82. The number of carbonyl (C=O) groups excluding carboxylic acids is 2. The summed E-state index contributed by atoms with van der Waals surface area (Å²) in [6, 6.07) is 12.6. The molecule has 0 aliphatic heterocycles. The fourth-order valence-corrected chi connectivity index (χ4v) is 2.97. The Bertz CT molecular complexity index is 1010. The number of nitrogens with zero attached hydrogens (tertiary/aromatic N) is 1. The standard InChI is InChI=1S/C22H21BrN2O4/c1-3-4-21(27)24-17-9-10-20(19(11-17)14(2)26)28-12-18-13-29-22(25-18)15-5-7-16(23)8-6-15/h5-11,13H,3-4,12H2,1-2H3,(H,24,27). The molecule has 150 valence electrons. The van der Waals surface area contributed by atoms with E-state index < -0.39 is 0 Å². The highest BCUT2D eigenvalue weighted by Crippen LogP contribution is 2.26. The van der Waals surface area contributed by atoms with Crippen LogP contribution >= 0.6 is 15.9 Å². The minimum Gasteiger partial charge on any atom is -0.486 e. The first kappa shape index (κ1) is 20.8. The molecule has 1 N–H and O–H groups in total. The third-order valence-electron chi connectivity index (χ3n) is 4.14. The number of hydrogen-bond donors (Lipinski definition) is 1. The van der Waals surface area contributed by atoms with Crippen molar-refractivity contribution in [1.82, 2.24) is 4.98 Å². The minimum absolute atomic E-state index is 0.0845. The molecule has 0 radical (unpaired) electrons. The van der Waals surface area contributed by atoms with Crippen LogP contribution in [-0.2, 0) is 11.4 Å². The number of aromatic nitrogens is 1. The van der Waals surface area contributed by atoms with E-state index in [4.69, 9.17) is 9.15 Å². The lowest BCUT2D eigenvalue weighted by atomic mass is 10.1. The smallest absolute Gasteiger partial charge is 0.226 e. The summed E-state index contributed by atoms with van der Waals surface area (Å²) in [5.74, 6) is 0.692. The summed E-state index contributed by atoms with van der Waals surface area (Å²) in [6.45, 7) is 3.55. The molecule has 0 saturated heterocycles. The van der Waals surface area contributed by atoms with E-state index in [0.29, 0.717) is 35.0 Å². The molecular formula is C22H21BrN2O4. The van der Waals surface area contributed by atoms with E-state index in [1.165, 1.54) is 13.2 Å². The van der Waals surface area contributed by atoms with Gasteiger partial charge in [0.15, 0.2) is 5.78 Å². The van der Waals surface area contributed by atoms with Gasteiger partial charge >= 0.3 is 0 Å². The van der Waals surface area contributed by atoms with E-state index in [9.17, 15) is 9.59 Å². The van der Waals surface area contributed by atoms with E-state index in [1.54, 1.807) is 18.2 Å².